The number of hydrazine groups is 1. The third-order valence-electron chi connectivity index (χ3n) is 4.18. The Morgan fingerprint density at radius 1 is 1.04 bits per heavy atom. The summed E-state index contributed by atoms with van der Waals surface area (Å²) in [6, 6.07) is 11.8. The Balaban J connectivity index is 1.57. The Labute approximate surface area is 140 Å². The van der Waals surface area contributed by atoms with Crippen LogP contribution in [0.1, 0.15) is 16.7 Å². The molecule has 1 amide bonds. The van der Waals surface area contributed by atoms with E-state index in [2.05, 4.69) is 28.4 Å². The van der Waals surface area contributed by atoms with Crippen LogP contribution in [-0.2, 0) is 11.2 Å². The molecular weight excluding hydrogens is 307 g/mol. The van der Waals surface area contributed by atoms with Crippen LogP contribution in [0.5, 0.6) is 0 Å². The lowest BCUT2D eigenvalue weighted by Gasteiger charge is -2.32. The summed E-state index contributed by atoms with van der Waals surface area (Å²) in [5, 5.41) is 6.10. The molecule has 2 aromatic carbocycles. The van der Waals surface area contributed by atoms with Gasteiger partial charge in [0.25, 0.3) is 0 Å². The standard InChI is InChI=1S/C18H21FN4O/c1-11-3-8-15(9-12(11)2)20-18-21-17(24)16(22-23-18)10-13-4-6-14(19)7-5-13/h3-9,16,18,20,22-23H,10H2,1-2H3,(H,21,24). The lowest BCUT2D eigenvalue weighted by molar-refractivity contribution is -0.126. The van der Waals surface area contributed by atoms with Crippen LogP contribution in [0.15, 0.2) is 42.5 Å². The highest BCUT2D eigenvalue weighted by molar-refractivity contribution is 5.83. The molecule has 5 nitrogen and oxygen atoms in total. The molecule has 0 saturated carbocycles. The zero-order valence-corrected chi connectivity index (χ0v) is 13.7. The van der Waals surface area contributed by atoms with E-state index in [1.165, 1.54) is 23.3 Å². The maximum absolute atomic E-state index is 12.9. The SMILES string of the molecule is Cc1ccc(NC2NNC(Cc3ccc(F)cc3)C(=O)N2)cc1C. The van der Waals surface area contributed by atoms with Gasteiger partial charge in [-0.3, -0.25) is 4.79 Å². The molecule has 24 heavy (non-hydrogen) atoms. The van der Waals surface area contributed by atoms with Crippen LogP contribution in [-0.4, -0.2) is 18.2 Å². The monoisotopic (exact) mass is 328 g/mol. The van der Waals surface area contributed by atoms with E-state index >= 15 is 0 Å². The second kappa shape index (κ2) is 6.98. The molecule has 3 rings (SSSR count). The van der Waals surface area contributed by atoms with E-state index < -0.39 is 12.3 Å². The predicted molar refractivity (Wildman–Crippen MR) is 91.6 cm³/mol. The van der Waals surface area contributed by atoms with Crippen molar-refractivity contribution in [1.82, 2.24) is 16.2 Å². The summed E-state index contributed by atoms with van der Waals surface area (Å²) in [7, 11) is 0. The number of anilines is 1. The van der Waals surface area contributed by atoms with Crippen LogP contribution < -0.4 is 21.5 Å². The number of nitrogens with one attached hydrogen (secondary N) is 4. The molecule has 1 aliphatic rings. The second-order valence-electron chi connectivity index (χ2n) is 6.06. The number of carbonyl (C=O) groups is 1. The molecule has 1 saturated heterocycles. The van der Waals surface area contributed by atoms with Gasteiger partial charge in [-0.25, -0.2) is 15.2 Å². The second-order valence-corrected chi connectivity index (χ2v) is 6.06. The number of hydrogen-bond acceptors (Lipinski definition) is 4. The molecule has 1 aliphatic heterocycles. The van der Waals surface area contributed by atoms with Crippen molar-refractivity contribution in [3.63, 3.8) is 0 Å². The molecule has 1 heterocycles. The van der Waals surface area contributed by atoms with Gasteiger partial charge in [-0.2, -0.15) is 0 Å². The maximum atomic E-state index is 12.9. The predicted octanol–water partition coefficient (Wildman–Crippen LogP) is 1.97. The first-order chi connectivity index (χ1) is 11.5. The van der Waals surface area contributed by atoms with Gasteiger partial charge >= 0.3 is 0 Å². The van der Waals surface area contributed by atoms with Crippen molar-refractivity contribution in [1.29, 1.82) is 0 Å². The van der Waals surface area contributed by atoms with E-state index in [0.29, 0.717) is 6.42 Å². The number of aryl methyl sites for hydroxylation is 2. The molecule has 6 heteroatoms. The molecule has 0 aromatic heterocycles. The van der Waals surface area contributed by atoms with Gasteiger partial charge in [-0.1, -0.05) is 18.2 Å². The Hall–Kier alpha value is -2.44. The highest BCUT2D eigenvalue weighted by Crippen LogP contribution is 2.15. The van der Waals surface area contributed by atoms with Gasteiger partial charge in [0, 0.05) is 5.69 Å². The minimum atomic E-state index is -0.409. The van der Waals surface area contributed by atoms with Crippen molar-refractivity contribution in [3.05, 3.63) is 65.0 Å². The number of carbonyl (C=O) groups excluding carboxylic acids is 1. The fourth-order valence-electron chi connectivity index (χ4n) is 2.60. The average Bonchev–Trinajstić information content (AvgIpc) is 2.55. The third-order valence-corrected chi connectivity index (χ3v) is 4.18. The van der Waals surface area contributed by atoms with E-state index in [1.54, 1.807) is 12.1 Å². The largest absolute Gasteiger partial charge is 0.352 e. The first-order valence-electron chi connectivity index (χ1n) is 7.91. The highest BCUT2D eigenvalue weighted by Gasteiger charge is 2.27. The van der Waals surface area contributed by atoms with Crippen molar-refractivity contribution >= 4 is 11.6 Å². The summed E-state index contributed by atoms with van der Waals surface area (Å²) in [5.74, 6) is -0.394. The van der Waals surface area contributed by atoms with Crippen LogP contribution in [0, 0.1) is 19.7 Å². The number of rotatable bonds is 4. The summed E-state index contributed by atoms with van der Waals surface area (Å²) in [4.78, 5) is 12.3. The van der Waals surface area contributed by atoms with Gasteiger partial charge in [0.05, 0.1) is 0 Å². The Morgan fingerprint density at radius 2 is 1.79 bits per heavy atom. The van der Waals surface area contributed by atoms with Gasteiger partial charge in [-0.05, 0) is 61.2 Å². The molecule has 2 aromatic rings. The van der Waals surface area contributed by atoms with Gasteiger partial charge < -0.3 is 10.6 Å². The molecule has 2 unspecified atom stereocenters. The lowest BCUT2D eigenvalue weighted by atomic mass is 10.1. The average molecular weight is 328 g/mol. The summed E-state index contributed by atoms with van der Waals surface area (Å²) in [5.41, 5.74) is 10.3. The number of hydrogen-bond donors (Lipinski definition) is 4. The summed E-state index contributed by atoms with van der Waals surface area (Å²) in [6.45, 7) is 4.10. The van der Waals surface area contributed by atoms with E-state index in [4.69, 9.17) is 0 Å². The Kier molecular flexibility index (Phi) is 4.78. The van der Waals surface area contributed by atoms with E-state index in [-0.39, 0.29) is 11.7 Å². The maximum Gasteiger partial charge on any atom is 0.241 e. The van der Waals surface area contributed by atoms with E-state index in [1.807, 2.05) is 25.1 Å². The molecule has 0 spiro atoms. The number of amides is 1. The molecule has 126 valence electrons. The van der Waals surface area contributed by atoms with Gasteiger partial charge in [-0.15, -0.1) is 0 Å². The van der Waals surface area contributed by atoms with Gasteiger partial charge in [0.15, 0.2) is 6.29 Å². The summed E-state index contributed by atoms with van der Waals surface area (Å²) < 4.78 is 12.9. The van der Waals surface area contributed by atoms with Crippen LogP contribution in [0.4, 0.5) is 10.1 Å². The third kappa shape index (κ3) is 3.90. The lowest BCUT2D eigenvalue weighted by Crippen LogP contribution is -2.68. The first-order valence-corrected chi connectivity index (χ1v) is 7.91. The van der Waals surface area contributed by atoms with Crippen LogP contribution in [0.2, 0.25) is 0 Å². The topological polar surface area (TPSA) is 65.2 Å². The quantitative estimate of drug-likeness (QED) is 0.693. The van der Waals surface area contributed by atoms with Crippen LogP contribution in [0.25, 0.3) is 0 Å². The fraction of sp³-hybridized carbons (Fsp3) is 0.278. The molecule has 0 radical (unpaired) electrons. The van der Waals surface area contributed by atoms with Crippen LogP contribution >= 0.6 is 0 Å². The first kappa shape index (κ1) is 16.4. The molecule has 1 fully saturated rings. The van der Waals surface area contributed by atoms with Crippen molar-refractivity contribution < 1.29 is 9.18 Å². The minimum Gasteiger partial charge on any atom is -0.352 e. The van der Waals surface area contributed by atoms with Gasteiger partial charge in [0.2, 0.25) is 5.91 Å². The minimum absolute atomic E-state index is 0.112. The smallest absolute Gasteiger partial charge is 0.241 e. The van der Waals surface area contributed by atoms with Crippen LogP contribution in [0.3, 0.4) is 0 Å². The normalized spacial score (nSPS) is 20.5. The Bertz CT molecular complexity index is 732. The molecular formula is C18H21FN4O. The summed E-state index contributed by atoms with van der Waals surface area (Å²) in [6.07, 6.45) is 0.0826. The molecule has 0 bridgehead atoms. The molecule has 0 aliphatic carbocycles. The van der Waals surface area contributed by atoms with Crippen molar-refractivity contribution in [2.75, 3.05) is 5.32 Å². The Morgan fingerprint density at radius 3 is 2.46 bits per heavy atom. The van der Waals surface area contributed by atoms with E-state index in [9.17, 15) is 9.18 Å². The van der Waals surface area contributed by atoms with Crippen molar-refractivity contribution in [2.45, 2.75) is 32.6 Å². The zero-order chi connectivity index (χ0) is 17.1. The molecule has 2 atom stereocenters. The van der Waals surface area contributed by atoms with E-state index in [0.717, 1.165) is 11.3 Å². The fourth-order valence-corrected chi connectivity index (χ4v) is 2.60. The van der Waals surface area contributed by atoms with Crippen molar-refractivity contribution in [3.8, 4) is 0 Å². The number of halogens is 1. The molecule has 4 N–H and O–H groups in total. The van der Waals surface area contributed by atoms with Crippen molar-refractivity contribution in [2.24, 2.45) is 0 Å². The highest BCUT2D eigenvalue weighted by atomic mass is 19.1. The van der Waals surface area contributed by atoms with Gasteiger partial charge in [0.1, 0.15) is 11.9 Å². The zero-order valence-electron chi connectivity index (χ0n) is 13.7. The summed E-state index contributed by atoms with van der Waals surface area (Å²) >= 11 is 0. The number of benzene rings is 2.